The standard InChI is InChI=1S/C13H20F2N2O3/c1-18-10-5-4-8(12(19-2)13(10)20-3)9(6-16)17-7-11(14)15/h4-5,9,11,17H,6-7,16H2,1-3H3. The largest absolute Gasteiger partial charge is 0.493 e. The minimum atomic E-state index is -2.45. The molecule has 5 nitrogen and oxygen atoms in total. The Balaban J connectivity index is 3.14. The molecule has 0 aliphatic rings. The fraction of sp³-hybridized carbons (Fsp3) is 0.538. The predicted octanol–water partition coefficient (Wildman–Crippen LogP) is 1.57. The highest BCUT2D eigenvalue weighted by Crippen LogP contribution is 2.41. The van der Waals surface area contributed by atoms with Crippen LogP contribution in [0.25, 0.3) is 0 Å². The molecule has 1 rings (SSSR count). The van der Waals surface area contributed by atoms with Crippen LogP contribution in [0, 0.1) is 0 Å². The number of methoxy groups -OCH3 is 3. The first kappa shape index (κ1) is 16.5. The average molecular weight is 290 g/mol. The third-order valence-electron chi connectivity index (χ3n) is 2.86. The zero-order valence-corrected chi connectivity index (χ0v) is 11.8. The van der Waals surface area contributed by atoms with Gasteiger partial charge in [0.2, 0.25) is 5.75 Å². The number of nitrogens with two attached hydrogens (primary N) is 1. The molecule has 0 fully saturated rings. The molecule has 0 aliphatic carbocycles. The SMILES string of the molecule is COc1ccc(C(CN)NCC(F)F)c(OC)c1OC. The Bertz CT molecular complexity index is 430. The molecule has 1 atom stereocenters. The topological polar surface area (TPSA) is 65.7 Å². The molecule has 114 valence electrons. The maximum absolute atomic E-state index is 12.3. The lowest BCUT2D eigenvalue weighted by atomic mass is 10.0. The molecule has 0 saturated carbocycles. The summed E-state index contributed by atoms with van der Waals surface area (Å²) in [6.45, 7) is -0.294. The average Bonchev–Trinajstić information content (AvgIpc) is 2.46. The molecular weight excluding hydrogens is 270 g/mol. The van der Waals surface area contributed by atoms with Crippen molar-refractivity contribution in [2.45, 2.75) is 12.5 Å². The van der Waals surface area contributed by atoms with Gasteiger partial charge in [0.15, 0.2) is 11.5 Å². The number of ether oxygens (including phenoxy) is 3. The monoisotopic (exact) mass is 290 g/mol. The normalized spacial score (nSPS) is 12.3. The van der Waals surface area contributed by atoms with Gasteiger partial charge >= 0.3 is 0 Å². The lowest BCUT2D eigenvalue weighted by Gasteiger charge is -2.22. The first-order valence-corrected chi connectivity index (χ1v) is 6.09. The van der Waals surface area contributed by atoms with E-state index in [0.29, 0.717) is 22.8 Å². The molecule has 1 aromatic carbocycles. The third-order valence-corrected chi connectivity index (χ3v) is 2.86. The van der Waals surface area contributed by atoms with E-state index in [-0.39, 0.29) is 6.54 Å². The van der Waals surface area contributed by atoms with Crippen LogP contribution in [0.4, 0.5) is 8.78 Å². The van der Waals surface area contributed by atoms with Crippen molar-refractivity contribution in [2.24, 2.45) is 5.73 Å². The first-order valence-electron chi connectivity index (χ1n) is 6.09. The zero-order chi connectivity index (χ0) is 15.1. The van der Waals surface area contributed by atoms with Crippen LogP contribution in [0.1, 0.15) is 11.6 Å². The minimum absolute atomic E-state index is 0.151. The molecule has 1 aromatic rings. The summed E-state index contributed by atoms with van der Waals surface area (Å²) in [6, 6.07) is 2.94. The third kappa shape index (κ3) is 3.71. The molecule has 7 heteroatoms. The van der Waals surface area contributed by atoms with Crippen LogP contribution >= 0.6 is 0 Å². The van der Waals surface area contributed by atoms with Crippen molar-refractivity contribution in [3.05, 3.63) is 17.7 Å². The number of hydrogen-bond acceptors (Lipinski definition) is 5. The van der Waals surface area contributed by atoms with Gasteiger partial charge in [0.1, 0.15) is 0 Å². The Morgan fingerprint density at radius 1 is 1.10 bits per heavy atom. The van der Waals surface area contributed by atoms with E-state index in [1.807, 2.05) is 0 Å². The number of rotatable bonds is 8. The summed E-state index contributed by atoms with van der Waals surface area (Å²) in [5.41, 5.74) is 6.29. The van der Waals surface area contributed by atoms with Gasteiger partial charge in [0.25, 0.3) is 6.43 Å². The molecule has 0 spiro atoms. The van der Waals surface area contributed by atoms with Gasteiger partial charge in [0, 0.05) is 18.2 Å². The van der Waals surface area contributed by atoms with Crippen LogP contribution in [0.15, 0.2) is 12.1 Å². The molecule has 0 amide bonds. The van der Waals surface area contributed by atoms with E-state index in [9.17, 15) is 8.78 Å². The van der Waals surface area contributed by atoms with Crippen LogP contribution < -0.4 is 25.3 Å². The van der Waals surface area contributed by atoms with Gasteiger partial charge in [-0.3, -0.25) is 0 Å². The molecule has 20 heavy (non-hydrogen) atoms. The van der Waals surface area contributed by atoms with Crippen molar-refractivity contribution in [2.75, 3.05) is 34.4 Å². The second kappa shape index (κ2) is 7.86. The van der Waals surface area contributed by atoms with Gasteiger partial charge < -0.3 is 25.3 Å². The van der Waals surface area contributed by atoms with E-state index in [0.717, 1.165) is 0 Å². The summed E-state index contributed by atoms with van der Waals surface area (Å²) in [4.78, 5) is 0. The molecule has 3 N–H and O–H groups in total. The van der Waals surface area contributed by atoms with Gasteiger partial charge in [-0.1, -0.05) is 0 Å². The Kier molecular flexibility index (Phi) is 6.47. The van der Waals surface area contributed by atoms with E-state index in [1.165, 1.54) is 21.3 Å². The van der Waals surface area contributed by atoms with Gasteiger partial charge in [-0.25, -0.2) is 8.78 Å². The van der Waals surface area contributed by atoms with Crippen molar-refractivity contribution >= 4 is 0 Å². The summed E-state index contributed by atoms with van der Waals surface area (Å²) in [5.74, 6) is 1.33. The summed E-state index contributed by atoms with van der Waals surface area (Å²) in [6.07, 6.45) is -2.45. The van der Waals surface area contributed by atoms with Crippen molar-refractivity contribution in [1.29, 1.82) is 0 Å². The maximum atomic E-state index is 12.3. The molecular formula is C13H20F2N2O3. The van der Waals surface area contributed by atoms with Crippen molar-refractivity contribution < 1.29 is 23.0 Å². The number of alkyl halides is 2. The highest BCUT2D eigenvalue weighted by atomic mass is 19.3. The van der Waals surface area contributed by atoms with Gasteiger partial charge in [-0.2, -0.15) is 0 Å². The number of benzene rings is 1. The summed E-state index contributed by atoms with van der Waals surface area (Å²) < 4.78 is 40.4. The van der Waals surface area contributed by atoms with Crippen molar-refractivity contribution in [3.8, 4) is 17.2 Å². The van der Waals surface area contributed by atoms with E-state index >= 15 is 0 Å². The summed E-state index contributed by atoms with van der Waals surface area (Å²) in [5, 5.41) is 2.70. The second-order valence-electron chi connectivity index (χ2n) is 4.01. The molecule has 0 radical (unpaired) electrons. The van der Waals surface area contributed by atoms with Crippen LogP contribution in [-0.2, 0) is 0 Å². The summed E-state index contributed by atoms with van der Waals surface area (Å²) in [7, 11) is 4.46. The first-order chi connectivity index (χ1) is 9.58. The Morgan fingerprint density at radius 3 is 2.20 bits per heavy atom. The molecule has 0 heterocycles. The number of nitrogens with one attached hydrogen (secondary N) is 1. The molecule has 0 aliphatic heterocycles. The molecule has 0 aromatic heterocycles. The van der Waals surface area contributed by atoms with Crippen molar-refractivity contribution in [1.82, 2.24) is 5.32 Å². The lowest BCUT2D eigenvalue weighted by molar-refractivity contribution is 0.141. The van der Waals surface area contributed by atoms with Gasteiger partial charge in [0.05, 0.1) is 27.9 Å². The Labute approximate surface area is 117 Å². The predicted molar refractivity (Wildman–Crippen MR) is 71.9 cm³/mol. The Morgan fingerprint density at radius 2 is 1.75 bits per heavy atom. The fourth-order valence-corrected chi connectivity index (χ4v) is 1.95. The molecule has 1 unspecified atom stereocenters. The smallest absolute Gasteiger partial charge is 0.250 e. The van der Waals surface area contributed by atoms with E-state index in [2.05, 4.69) is 5.32 Å². The molecule has 0 bridgehead atoms. The van der Waals surface area contributed by atoms with Crippen molar-refractivity contribution in [3.63, 3.8) is 0 Å². The zero-order valence-electron chi connectivity index (χ0n) is 11.8. The van der Waals surface area contributed by atoms with Crippen LogP contribution in [-0.4, -0.2) is 40.8 Å². The van der Waals surface area contributed by atoms with Crippen LogP contribution in [0.5, 0.6) is 17.2 Å². The minimum Gasteiger partial charge on any atom is -0.493 e. The Hall–Kier alpha value is -1.60. The van der Waals surface area contributed by atoms with Crippen LogP contribution in [0.2, 0.25) is 0 Å². The maximum Gasteiger partial charge on any atom is 0.250 e. The summed E-state index contributed by atoms with van der Waals surface area (Å²) >= 11 is 0. The highest BCUT2D eigenvalue weighted by Gasteiger charge is 2.22. The highest BCUT2D eigenvalue weighted by molar-refractivity contribution is 5.56. The fourth-order valence-electron chi connectivity index (χ4n) is 1.95. The van der Waals surface area contributed by atoms with Crippen LogP contribution in [0.3, 0.4) is 0 Å². The van der Waals surface area contributed by atoms with E-state index in [4.69, 9.17) is 19.9 Å². The van der Waals surface area contributed by atoms with Gasteiger partial charge in [-0.05, 0) is 12.1 Å². The van der Waals surface area contributed by atoms with Gasteiger partial charge in [-0.15, -0.1) is 0 Å². The van der Waals surface area contributed by atoms with E-state index < -0.39 is 19.0 Å². The molecule has 0 saturated heterocycles. The lowest BCUT2D eigenvalue weighted by Crippen LogP contribution is -2.32. The van der Waals surface area contributed by atoms with E-state index in [1.54, 1.807) is 12.1 Å². The quantitative estimate of drug-likeness (QED) is 0.761. The number of halogens is 2. The second-order valence-corrected chi connectivity index (χ2v) is 4.01. The number of hydrogen-bond donors (Lipinski definition) is 2.